The van der Waals surface area contributed by atoms with Crippen molar-refractivity contribution < 1.29 is 4.39 Å². The van der Waals surface area contributed by atoms with E-state index < -0.39 is 0 Å². The van der Waals surface area contributed by atoms with Gasteiger partial charge in [0.05, 0.1) is 11.9 Å². The van der Waals surface area contributed by atoms with Crippen LogP contribution in [0.3, 0.4) is 0 Å². The molecular weight excluding hydrogens is 285 g/mol. The molecule has 0 atom stereocenters. The quantitative estimate of drug-likeness (QED) is 0.689. The zero-order valence-corrected chi connectivity index (χ0v) is 10.2. The first-order chi connectivity index (χ1) is 8.24. The summed E-state index contributed by atoms with van der Waals surface area (Å²) in [6.45, 7) is 0. The van der Waals surface area contributed by atoms with E-state index in [0.717, 1.165) is 5.65 Å². The molecule has 5 heteroatoms. The minimum absolute atomic E-state index is 0.279. The van der Waals surface area contributed by atoms with E-state index in [1.165, 1.54) is 6.07 Å². The molecule has 0 aliphatic rings. The Kier molecular flexibility index (Phi) is 2.40. The van der Waals surface area contributed by atoms with Crippen LogP contribution in [0, 0.1) is 5.82 Å². The first-order valence-electron chi connectivity index (χ1n) is 5.01. The van der Waals surface area contributed by atoms with Crippen LogP contribution in [-0.2, 0) is 0 Å². The molecule has 0 fully saturated rings. The zero-order chi connectivity index (χ0) is 11.8. The summed E-state index contributed by atoms with van der Waals surface area (Å²) in [5, 5.41) is 4.31. The predicted molar refractivity (Wildman–Crippen MR) is 66.1 cm³/mol. The molecule has 0 saturated carbocycles. The van der Waals surface area contributed by atoms with Crippen molar-refractivity contribution in [2.75, 3.05) is 0 Å². The fourth-order valence-corrected chi connectivity index (χ4v) is 2.04. The maximum Gasteiger partial charge on any atom is 0.154 e. The lowest BCUT2D eigenvalue weighted by atomic mass is 10.1. The molecule has 2 heterocycles. The number of benzene rings is 1. The van der Waals surface area contributed by atoms with Gasteiger partial charge in [-0.3, -0.25) is 0 Å². The molecule has 3 rings (SSSR count). The summed E-state index contributed by atoms with van der Waals surface area (Å²) in [6, 6.07) is 10.1. The van der Waals surface area contributed by atoms with Crippen molar-refractivity contribution in [3.63, 3.8) is 0 Å². The molecule has 3 aromatic rings. The monoisotopic (exact) mass is 291 g/mol. The fourth-order valence-electron chi connectivity index (χ4n) is 1.67. The van der Waals surface area contributed by atoms with E-state index in [0.29, 0.717) is 15.9 Å². The van der Waals surface area contributed by atoms with Crippen LogP contribution in [0.1, 0.15) is 0 Å². The summed E-state index contributed by atoms with van der Waals surface area (Å²) in [7, 11) is 0. The highest BCUT2D eigenvalue weighted by Crippen LogP contribution is 2.21. The van der Waals surface area contributed by atoms with Crippen LogP contribution in [-0.4, -0.2) is 14.6 Å². The van der Waals surface area contributed by atoms with E-state index >= 15 is 0 Å². The largest absolute Gasteiger partial charge is 0.220 e. The number of rotatable bonds is 1. The third kappa shape index (κ3) is 1.82. The highest BCUT2D eigenvalue weighted by Gasteiger charge is 2.07. The van der Waals surface area contributed by atoms with Gasteiger partial charge in [-0.2, -0.15) is 5.10 Å². The van der Waals surface area contributed by atoms with Crippen LogP contribution in [0.15, 0.2) is 47.2 Å². The Morgan fingerprint density at radius 2 is 1.94 bits per heavy atom. The predicted octanol–water partition coefficient (Wildman–Crippen LogP) is 3.30. The molecule has 0 aliphatic heterocycles. The Morgan fingerprint density at radius 3 is 2.76 bits per heavy atom. The second kappa shape index (κ2) is 3.92. The molecule has 17 heavy (non-hydrogen) atoms. The lowest BCUT2D eigenvalue weighted by Gasteiger charge is -2.02. The van der Waals surface area contributed by atoms with E-state index in [1.807, 2.05) is 0 Å². The lowest BCUT2D eigenvalue weighted by molar-refractivity contribution is 0.630. The van der Waals surface area contributed by atoms with E-state index in [-0.39, 0.29) is 5.82 Å². The second-order valence-corrected chi connectivity index (χ2v) is 4.38. The molecule has 2 aromatic heterocycles. The molecule has 0 spiro atoms. The van der Waals surface area contributed by atoms with Crippen molar-refractivity contribution in [1.29, 1.82) is 0 Å². The number of aromatic nitrogens is 3. The Labute approximate surface area is 105 Å². The van der Waals surface area contributed by atoms with Gasteiger partial charge in [0.15, 0.2) is 5.65 Å². The summed E-state index contributed by atoms with van der Waals surface area (Å²) in [5.74, 6) is -0.279. The molecule has 0 unspecified atom stereocenters. The van der Waals surface area contributed by atoms with Crippen LogP contribution in [0.5, 0.6) is 0 Å². The normalized spacial score (nSPS) is 10.9. The second-order valence-electron chi connectivity index (χ2n) is 3.56. The van der Waals surface area contributed by atoms with Crippen molar-refractivity contribution in [3.05, 3.63) is 53.0 Å². The third-order valence-corrected chi connectivity index (χ3v) is 2.82. The average molecular weight is 292 g/mol. The SMILES string of the molecule is Fc1ccccc1-c1ccc2nc(Br)cn2n1. The molecule has 84 valence electrons. The number of nitrogens with zero attached hydrogens (tertiary/aromatic N) is 3. The summed E-state index contributed by atoms with van der Waals surface area (Å²) in [4.78, 5) is 4.19. The van der Waals surface area contributed by atoms with E-state index in [1.54, 1.807) is 41.0 Å². The Morgan fingerprint density at radius 1 is 1.12 bits per heavy atom. The highest BCUT2D eigenvalue weighted by molar-refractivity contribution is 9.10. The summed E-state index contributed by atoms with van der Waals surface area (Å²) in [5.41, 5.74) is 1.79. The van der Waals surface area contributed by atoms with Crippen molar-refractivity contribution in [3.8, 4) is 11.3 Å². The highest BCUT2D eigenvalue weighted by atomic mass is 79.9. The van der Waals surface area contributed by atoms with Crippen LogP contribution in [0.25, 0.3) is 16.9 Å². The van der Waals surface area contributed by atoms with Gasteiger partial charge in [0.1, 0.15) is 10.4 Å². The first-order valence-corrected chi connectivity index (χ1v) is 5.80. The number of halogens is 2. The van der Waals surface area contributed by atoms with Gasteiger partial charge in [-0.25, -0.2) is 13.9 Å². The molecule has 0 radical (unpaired) electrons. The molecule has 0 saturated heterocycles. The Balaban J connectivity index is 2.21. The van der Waals surface area contributed by atoms with Gasteiger partial charge in [0.2, 0.25) is 0 Å². The Bertz CT molecular complexity index is 693. The van der Waals surface area contributed by atoms with Crippen LogP contribution in [0.4, 0.5) is 4.39 Å². The summed E-state index contributed by atoms with van der Waals surface area (Å²) >= 11 is 3.27. The van der Waals surface area contributed by atoms with Crippen molar-refractivity contribution >= 4 is 21.6 Å². The summed E-state index contributed by atoms with van der Waals surface area (Å²) < 4.78 is 15.9. The molecule has 0 aliphatic carbocycles. The molecule has 0 N–H and O–H groups in total. The number of hydrogen-bond acceptors (Lipinski definition) is 2. The maximum absolute atomic E-state index is 13.6. The van der Waals surface area contributed by atoms with E-state index in [4.69, 9.17) is 0 Å². The first kappa shape index (κ1) is 10.4. The van der Waals surface area contributed by atoms with Gasteiger partial charge in [0, 0.05) is 5.56 Å². The third-order valence-electron chi connectivity index (χ3n) is 2.44. The van der Waals surface area contributed by atoms with Gasteiger partial charge in [-0.05, 0) is 40.2 Å². The van der Waals surface area contributed by atoms with E-state index in [9.17, 15) is 4.39 Å². The summed E-state index contributed by atoms with van der Waals surface area (Å²) in [6.07, 6.45) is 1.74. The number of imidazole rings is 1. The molecule has 0 amide bonds. The maximum atomic E-state index is 13.6. The molecule has 3 nitrogen and oxygen atoms in total. The zero-order valence-electron chi connectivity index (χ0n) is 8.64. The van der Waals surface area contributed by atoms with Gasteiger partial charge < -0.3 is 0 Å². The topological polar surface area (TPSA) is 30.2 Å². The molecule has 0 bridgehead atoms. The fraction of sp³-hybridized carbons (Fsp3) is 0. The van der Waals surface area contributed by atoms with Crippen molar-refractivity contribution in [2.45, 2.75) is 0 Å². The van der Waals surface area contributed by atoms with Crippen molar-refractivity contribution in [2.24, 2.45) is 0 Å². The van der Waals surface area contributed by atoms with Crippen molar-refractivity contribution in [1.82, 2.24) is 14.6 Å². The van der Waals surface area contributed by atoms with Gasteiger partial charge in [-0.15, -0.1) is 0 Å². The van der Waals surface area contributed by atoms with Gasteiger partial charge in [0.25, 0.3) is 0 Å². The minimum Gasteiger partial charge on any atom is -0.220 e. The standard InChI is InChI=1S/C12H7BrFN3/c13-11-7-17-12(15-11)6-5-10(16-17)8-3-1-2-4-9(8)14/h1-7H. The molecular formula is C12H7BrFN3. The number of fused-ring (bicyclic) bond motifs is 1. The number of hydrogen-bond donors (Lipinski definition) is 0. The smallest absolute Gasteiger partial charge is 0.154 e. The average Bonchev–Trinajstić information content (AvgIpc) is 2.68. The lowest BCUT2D eigenvalue weighted by Crippen LogP contribution is -1.94. The van der Waals surface area contributed by atoms with E-state index in [2.05, 4.69) is 26.0 Å². The Hall–Kier alpha value is -1.75. The minimum atomic E-state index is -0.279. The van der Waals surface area contributed by atoms with Gasteiger partial charge >= 0.3 is 0 Å². The van der Waals surface area contributed by atoms with Gasteiger partial charge in [-0.1, -0.05) is 12.1 Å². The molecule has 1 aromatic carbocycles. The van der Waals surface area contributed by atoms with Crippen LogP contribution >= 0.6 is 15.9 Å². The van der Waals surface area contributed by atoms with Crippen LogP contribution < -0.4 is 0 Å². The van der Waals surface area contributed by atoms with Crippen LogP contribution in [0.2, 0.25) is 0 Å².